The molecule has 0 radical (unpaired) electrons. The Labute approximate surface area is 220 Å². The third-order valence-corrected chi connectivity index (χ3v) is 5.39. The van der Waals surface area contributed by atoms with E-state index in [1.807, 2.05) is 30.3 Å². The van der Waals surface area contributed by atoms with E-state index in [0.29, 0.717) is 0 Å². The SMILES string of the molecule is CCOC(=O)[C@H](CCC(=O)CNC(=O)OC(C)(C)C)NC(=O)c1c(Cl)cc(-c2ccccc2)cc1Cl. The second-order valence-electron chi connectivity index (χ2n) is 8.89. The summed E-state index contributed by atoms with van der Waals surface area (Å²) in [4.78, 5) is 49.4. The van der Waals surface area contributed by atoms with E-state index in [0.717, 1.165) is 11.1 Å². The van der Waals surface area contributed by atoms with E-state index in [9.17, 15) is 19.2 Å². The number of alkyl carbamates (subject to hydrolysis) is 1. The minimum absolute atomic E-state index is 0.00484. The smallest absolute Gasteiger partial charge is 0.408 e. The van der Waals surface area contributed by atoms with E-state index in [2.05, 4.69) is 10.6 Å². The Hall–Kier alpha value is -3.10. The van der Waals surface area contributed by atoms with Crippen LogP contribution in [-0.4, -0.2) is 48.5 Å². The molecule has 0 aromatic heterocycles. The fourth-order valence-electron chi connectivity index (χ4n) is 3.19. The average Bonchev–Trinajstić information content (AvgIpc) is 2.79. The molecule has 1 atom stereocenters. The van der Waals surface area contributed by atoms with Crippen LogP contribution in [0.1, 0.15) is 50.9 Å². The summed E-state index contributed by atoms with van der Waals surface area (Å²) in [5.41, 5.74) is 0.905. The van der Waals surface area contributed by atoms with Gasteiger partial charge < -0.3 is 20.1 Å². The van der Waals surface area contributed by atoms with Crippen molar-refractivity contribution in [3.05, 3.63) is 58.1 Å². The Kier molecular flexibility index (Phi) is 10.7. The van der Waals surface area contributed by atoms with Gasteiger partial charge in [0.05, 0.1) is 28.8 Å². The number of carbonyl (C=O) groups excluding carboxylic acids is 4. The number of hydrogen-bond acceptors (Lipinski definition) is 6. The Morgan fingerprint density at radius 2 is 1.58 bits per heavy atom. The lowest BCUT2D eigenvalue weighted by Crippen LogP contribution is -2.43. The van der Waals surface area contributed by atoms with Crippen molar-refractivity contribution in [1.29, 1.82) is 0 Å². The maximum Gasteiger partial charge on any atom is 0.408 e. The van der Waals surface area contributed by atoms with Gasteiger partial charge in [0, 0.05) is 6.42 Å². The number of halogens is 2. The first-order valence-electron chi connectivity index (χ1n) is 11.4. The average molecular weight is 537 g/mol. The zero-order chi connectivity index (χ0) is 26.9. The highest BCUT2D eigenvalue weighted by Gasteiger charge is 2.26. The van der Waals surface area contributed by atoms with Gasteiger partial charge in [0.2, 0.25) is 0 Å². The van der Waals surface area contributed by atoms with Crippen molar-refractivity contribution in [3.8, 4) is 11.1 Å². The van der Waals surface area contributed by atoms with Crippen molar-refractivity contribution in [2.75, 3.05) is 13.2 Å². The van der Waals surface area contributed by atoms with Crippen molar-refractivity contribution in [3.63, 3.8) is 0 Å². The molecule has 0 unspecified atom stereocenters. The molecule has 2 rings (SSSR count). The molecule has 0 spiro atoms. The summed E-state index contributed by atoms with van der Waals surface area (Å²) < 4.78 is 10.1. The molecule has 2 aromatic carbocycles. The summed E-state index contributed by atoms with van der Waals surface area (Å²) in [6, 6.07) is 11.5. The third-order valence-electron chi connectivity index (χ3n) is 4.79. The van der Waals surface area contributed by atoms with Gasteiger partial charge in [0.25, 0.3) is 5.91 Å². The van der Waals surface area contributed by atoms with Crippen LogP contribution in [0.4, 0.5) is 4.79 Å². The van der Waals surface area contributed by atoms with Gasteiger partial charge in [-0.05, 0) is 57.4 Å². The van der Waals surface area contributed by atoms with Gasteiger partial charge in [-0.15, -0.1) is 0 Å². The Bertz CT molecular complexity index is 1080. The van der Waals surface area contributed by atoms with Gasteiger partial charge in [-0.2, -0.15) is 0 Å². The third kappa shape index (κ3) is 9.17. The summed E-state index contributed by atoms with van der Waals surface area (Å²) in [5.74, 6) is -1.73. The van der Waals surface area contributed by atoms with E-state index < -0.39 is 29.6 Å². The molecule has 2 amide bonds. The van der Waals surface area contributed by atoms with Crippen LogP contribution < -0.4 is 10.6 Å². The topological polar surface area (TPSA) is 111 Å². The highest BCUT2D eigenvalue weighted by Crippen LogP contribution is 2.32. The molecule has 0 heterocycles. The minimum Gasteiger partial charge on any atom is -0.464 e. The quantitative estimate of drug-likeness (QED) is 0.404. The molecule has 194 valence electrons. The maximum atomic E-state index is 13.0. The predicted octanol–water partition coefficient (Wildman–Crippen LogP) is 5.20. The molecule has 2 N–H and O–H groups in total. The molecule has 0 aliphatic rings. The number of ketones is 1. The van der Waals surface area contributed by atoms with Gasteiger partial charge in [0.15, 0.2) is 5.78 Å². The number of ether oxygens (including phenoxy) is 2. The number of amides is 2. The van der Waals surface area contributed by atoms with E-state index >= 15 is 0 Å². The minimum atomic E-state index is -1.12. The lowest BCUT2D eigenvalue weighted by atomic mass is 10.0. The normalized spacial score (nSPS) is 11.8. The lowest BCUT2D eigenvalue weighted by Gasteiger charge is -2.20. The van der Waals surface area contributed by atoms with Crippen molar-refractivity contribution < 1.29 is 28.7 Å². The van der Waals surface area contributed by atoms with Crippen LogP contribution in [0.25, 0.3) is 11.1 Å². The molecule has 36 heavy (non-hydrogen) atoms. The van der Waals surface area contributed by atoms with Crippen LogP contribution in [0.5, 0.6) is 0 Å². The zero-order valence-corrected chi connectivity index (χ0v) is 22.2. The fourth-order valence-corrected chi connectivity index (χ4v) is 3.85. The molecular weight excluding hydrogens is 507 g/mol. The van der Waals surface area contributed by atoms with Crippen LogP contribution in [0, 0.1) is 0 Å². The number of nitrogens with one attached hydrogen (secondary N) is 2. The molecule has 0 bridgehead atoms. The second kappa shape index (κ2) is 13.3. The Balaban J connectivity index is 2.07. The highest BCUT2D eigenvalue weighted by atomic mass is 35.5. The molecule has 0 fully saturated rings. The first-order chi connectivity index (χ1) is 16.9. The largest absolute Gasteiger partial charge is 0.464 e. The number of hydrogen-bond donors (Lipinski definition) is 2. The number of carbonyl (C=O) groups is 4. The highest BCUT2D eigenvalue weighted by molar-refractivity contribution is 6.40. The number of rotatable bonds is 10. The standard InChI is InChI=1S/C26H30Cl2N2O6/c1-5-35-24(33)21(12-11-18(31)15-29-25(34)36-26(2,3)4)30-23(32)22-19(27)13-17(14-20(22)28)16-9-7-6-8-10-16/h6-10,13-14,21H,5,11-12,15H2,1-4H3,(H,29,34)(H,30,32)/t21-/m0/s1. The van der Waals surface area contributed by atoms with Crippen LogP contribution in [-0.2, 0) is 19.1 Å². The predicted molar refractivity (Wildman–Crippen MR) is 138 cm³/mol. The second-order valence-corrected chi connectivity index (χ2v) is 9.71. The van der Waals surface area contributed by atoms with Crippen molar-refractivity contribution in [2.24, 2.45) is 0 Å². The van der Waals surface area contributed by atoms with Gasteiger partial charge >= 0.3 is 12.1 Å². The summed E-state index contributed by atoms with van der Waals surface area (Å²) >= 11 is 12.8. The van der Waals surface area contributed by atoms with Gasteiger partial charge in [-0.3, -0.25) is 9.59 Å². The monoisotopic (exact) mass is 536 g/mol. The van der Waals surface area contributed by atoms with Crippen LogP contribution in [0.3, 0.4) is 0 Å². The van der Waals surface area contributed by atoms with Gasteiger partial charge in [-0.25, -0.2) is 9.59 Å². The fraction of sp³-hybridized carbons (Fsp3) is 0.385. The first-order valence-corrected chi connectivity index (χ1v) is 12.2. The van der Waals surface area contributed by atoms with Crippen LogP contribution in [0.2, 0.25) is 10.0 Å². The lowest BCUT2D eigenvalue weighted by molar-refractivity contribution is -0.145. The Morgan fingerprint density at radius 1 is 0.972 bits per heavy atom. The molecule has 0 aliphatic heterocycles. The van der Waals surface area contributed by atoms with E-state index in [4.69, 9.17) is 32.7 Å². The Morgan fingerprint density at radius 3 is 2.14 bits per heavy atom. The van der Waals surface area contributed by atoms with Crippen molar-refractivity contribution in [1.82, 2.24) is 10.6 Å². The van der Waals surface area contributed by atoms with Gasteiger partial charge in [-0.1, -0.05) is 53.5 Å². The summed E-state index contributed by atoms with van der Waals surface area (Å²) in [7, 11) is 0. The van der Waals surface area contributed by atoms with E-state index in [1.165, 1.54) is 0 Å². The van der Waals surface area contributed by atoms with Crippen LogP contribution in [0.15, 0.2) is 42.5 Å². The van der Waals surface area contributed by atoms with E-state index in [-0.39, 0.29) is 47.4 Å². The first kappa shape index (κ1) is 29.1. The molecule has 8 nitrogen and oxygen atoms in total. The maximum absolute atomic E-state index is 13.0. The molecular formula is C26H30Cl2N2O6. The molecule has 0 saturated carbocycles. The zero-order valence-electron chi connectivity index (χ0n) is 20.7. The number of esters is 1. The molecule has 2 aromatic rings. The summed E-state index contributed by atoms with van der Waals surface area (Å²) in [6.07, 6.45) is -0.876. The summed E-state index contributed by atoms with van der Waals surface area (Å²) in [6.45, 7) is 6.55. The number of benzene rings is 2. The molecule has 0 saturated heterocycles. The number of Topliss-reactive ketones (excluding diaryl/α,β-unsaturated/α-hetero) is 1. The van der Waals surface area contributed by atoms with Crippen molar-refractivity contribution >= 4 is 47.0 Å². The van der Waals surface area contributed by atoms with E-state index in [1.54, 1.807) is 39.8 Å². The van der Waals surface area contributed by atoms with Crippen molar-refractivity contribution in [2.45, 2.75) is 52.2 Å². The summed E-state index contributed by atoms with van der Waals surface area (Å²) in [5, 5.41) is 5.15. The molecule has 0 aliphatic carbocycles. The molecule has 10 heteroatoms. The van der Waals surface area contributed by atoms with Crippen LogP contribution >= 0.6 is 23.2 Å². The van der Waals surface area contributed by atoms with Gasteiger partial charge in [0.1, 0.15) is 11.6 Å².